The lowest BCUT2D eigenvalue weighted by atomic mass is 9.80. The van der Waals surface area contributed by atoms with Crippen molar-refractivity contribution < 1.29 is 38.7 Å². The zero-order valence-corrected chi connectivity index (χ0v) is 22.2. The minimum absolute atomic E-state index is 0.00157. The van der Waals surface area contributed by atoms with Gasteiger partial charge in [0, 0.05) is 36.1 Å². The van der Waals surface area contributed by atoms with E-state index in [9.17, 15) is 34.6 Å². The number of amides is 1. The zero-order chi connectivity index (χ0) is 29.9. The minimum Gasteiger partial charge on any atom is -0.462 e. The smallest absolute Gasteiger partial charge is 0.336 e. The van der Waals surface area contributed by atoms with Crippen LogP contribution < -0.4 is 10.6 Å². The van der Waals surface area contributed by atoms with Gasteiger partial charge in [0.1, 0.15) is 12.3 Å². The van der Waals surface area contributed by atoms with Gasteiger partial charge in [-0.15, -0.1) is 10.1 Å². The summed E-state index contributed by atoms with van der Waals surface area (Å²) >= 11 is 0. The minimum atomic E-state index is -1.10. The van der Waals surface area contributed by atoms with Crippen LogP contribution in [-0.2, 0) is 23.9 Å². The number of rotatable bonds is 13. The van der Waals surface area contributed by atoms with E-state index in [1.807, 2.05) is 0 Å². The number of ether oxygens (including phenoxy) is 2. The van der Waals surface area contributed by atoms with Crippen LogP contribution in [0.1, 0.15) is 42.2 Å². The van der Waals surface area contributed by atoms with E-state index >= 15 is 0 Å². The molecule has 15 nitrogen and oxygen atoms in total. The Morgan fingerprint density at radius 3 is 2.24 bits per heavy atom. The van der Waals surface area contributed by atoms with Crippen LogP contribution in [0.15, 0.2) is 71.2 Å². The molecule has 0 spiro atoms. The largest absolute Gasteiger partial charge is 0.462 e. The number of nitro benzene ring substituents is 1. The highest BCUT2D eigenvalue weighted by molar-refractivity contribution is 6.00. The number of carbonyl (C=O) groups excluding carboxylic acids is 3. The first-order chi connectivity index (χ1) is 19.6. The van der Waals surface area contributed by atoms with Crippen LogP contribution in [0.25, 0.3) is 0 Å². The molecule has 15 heteroatoms. The number of esters is 2. The number of nitrogens with one attached hydrogen (secondary N) is 2. The van der Waals surface area contributed by atoms with Gasteiger partial charge in [-0.2, -0.15) is 0 Å². The van der Waals surface area contributed by atoms with Crippen molar-refractivity contribution in [3.8, 4) is 0 Å². The molecule has 2 N–H and O–H groups in total. The molecule has 3 rings (SSSR count). The Morgan fingerprint density at radius 1 is 0.951 bits per heavy atom. The summed E-state index contributed by atoms with van der Waals surface area (Å²) in [5, 5.41) is 26.4. The number of nitrogens with zero attached hydrogens (tertiary/aromatic N) is 3. The Labute approximate surface area is 233 Å². The summed E-state index contributed by atoms with van der Waals surface area (Å²) in [5.74, 6) is -3.23. The standard InChI is InChI=1S/C26H27N5O10/c1-16-21(25(33)39-12-6-13-41-31(37)38)23(18-7-5-8-19(15-18)30(35)36)22(17(2)29-16)26(34)40-14-11-28-24(32)20-9-3-4-10-27-20/h3-5,7-10,15,23,29H,6,11-14H2,1-2H3,(H,28,32). The molecule has 1 aromatic heterocycles. The van der Waals surface area contributed by atoms with Crippen molar-refractivity contribution in [1.82, 2.24) is 15.6 Å². The Balaban J connectivity index is 1.81. The molecule has 0 saturated carbocycles. The summed E-state index contributed by atoms with van der Waals surface area (Å²) in [5.41, 5.74) is 0.886. The third-order valence-electron chi connectivity index (χ3n) is 5.85. The summed E-state index contributed by atoms with van der Waals surface area (Å²) < 4.78 is 10.7. The van der Waals surface area contributed by atoms with E-state index in [0.29, 0.717) is 11.4 Å². The monoisotopic (exact) mass is 569 g/mol. The molecule has 0 bridgehead atoms. The molecule has 1 aliphatic rings. The maximum Gasteiger partial charge on any atom is 0.336 e. The second-order valence-corrected chi connectivity index (χ2v) is 8.64. The van der Waals surface area contributed by atoms with Crippen LogP contribution in [0.3, 0.4) is 0 Å². The van der Waals surface area contributed by atoms with Gasteiger partial charge >= 0.3 is 11.9 Å². The summed E-state index contributed by atoms with van der Waals surface area (Å²) in [6, 6.07) is 10.3. The second kappa shape index (κ2) is 14.2. The van der Waals surface area contributed by atoms with Crippen molar-refractivity contribution in [2.75, 3.05) is 26.4 Å². The number of aromatic nitrogens is 1. The molecule has 0 fully saturated rings. The Hall–Kier alpha value is -5.34. The molecule has 2 aromatic rings. The topological polar surface area (TPSA) is 202 Å². The molecule has 1 unspecified atom stereocenters. The highest BCUT2D eigenvalue weighted by Crippen LogP contribution is 2.40. The van der Waals surface area contributed by atoms with Crippen molar-refractivity contribution >= 4 is 23.5 Å². The van der Waals surface area contributed by atoms with E-state index < -0.39 is 33.8 Å². The summed E-state index contributed by atoms with van der Waals surface area (Å²) in [4.78, 5) is 68.1. The summed E-state index contributed by atoms with van der Waals surface area (Å²) in [6.07, 6.45) is 1.49. The van der Waals surface area contributed by atoms with E-state index in [-0.39, 0.29) is 60.9 Å². The fraction of sp³-hybridized carbons (Fsp3) is 0.308. The van der Waals surface area contributed by atoms with Gasteiger partial charge in [-0.05, 0) is 31.5 Å². The molecule has 2 heterocycles. The van der Waals surface area contributed by atoms with Gasteiger partial charge in [-0.25, -0.2) is 9.59 Å². The highest BCUT2D eigenvalue weighted by atomic mass is 16.9. The fourth-order valence-electron chi connectivity index (χ4n) is 4.10. The molecule has 0 saturated heterocycles. The van der Waals surface area contributed by atoms with E-state index in [0.717, 1.165) is 0 Å². The maximum atomic E-state index is 13.3. The molecule has 1 aliphatic heterocycles. The molecule has 216 valence electrons. The molecule has 1 atom stereocenters. The molecular formula is C26H27N5O10. The Bertz CT molecular complexity index is 1390. The number of carbonyl (C=O) groups is 3. The first-order valence-electron chi connectivity index (χ1n) is 12.3. The number of allylic oxidation sites excluding steroid dienone is 2. The molecule has 1 amide bonds. The SMILES string of the molecule is CC1=C(C(=O)OCCCO[N+](=O)[O-])C(c2cccc([N+](=O)[O-])c2)C(C(=O)OCCNC(=O)c2ccccn2)=C(C)N1. The van der Waals surface area contributed by atoms with E-state index in [4.69, 9.17) is 9.47 Å². The number of hydrogen-bond acceptors (Lipinski definition) is 12. The van der Waals surface area contributed by atoms with Gasteiger partial charge < -0.3 is 24.9 Å². The predicted molar refractivity (Wildman–Crippen MR) is 140 cm³/mol. The lowest BCUT2D eigenvalue weighted by Gasteiger charge is -2.30. The molecule has 0 aliphatic carbocycles. The van der Waals surface area contributed by atoms with E-state index in [1.165, 1.54) is 36.5 Å². The lowest BCUT2D eigenvalue weighted by Crippen LogP contribution is -2.34. The maximum absolute atomic E-state index is 13.3. The number of hydrogen-bond donors (Lipinski definition) is 2. The number of non-ortho nitro benzene ring substituents is 1. The normalized spacial score (nSPS) is 14.5. The third kappa shape index (κ3) is 8.08. The van der Waals surface area contributed by atoms with Crippen LogP contribution >= 0.6 is 0 Å². The van der Waals surface area contributed by atoms with Crippen molar-refractivity contribution in [3.63, 3.8) is 0 Å². The lowest BCUT2D eigenvalue weighted by molar-refractivity contribution is -0.757. The van der Waals surface area contributed by atoms with Gasteiger partial charge in [-0.3, -0.25) is 19.9 Å². The van der Waals surface area contributed by atoms with Gasteiger partial charge in [0.05, 0.1) is 41.7 Å². The fourth-order valence-corrected chi connectivity index (χ4v) is 4.10. The number of benzene rings is 1. The molecule has 0 radical (unpaired) electrons. The van der Waals surface area contributed by atoms with Crippen molar-refractivity contribution in [3.05, 3.63) is 103 Å². The zero-order valence-electron chi connectivity index (χ0n) is 22.2. The highest BCUT2D eigenvalue weighted by Gasteiger charge is 2.38. The van der Waals surface area contributed by atoms with E-state index in [2.05, 4.69) is 20.5 Å². The van der Waals surface area contributed by atoms with E-state index in [1.54, 1.807) is 26.0 Å². The Morgan fingerprint density at radius 2 is 1.63 bits per heavy atom. The van der Waals surface area contributed by atoms with Crippen LogP contribution in [0.4, 0.5) is 5.69 Å². The van der Waals surface area contributed by atoms with Crippen molar-refractivity contribution in [2.45, 2.75) is 26.2 Å². The van der Waals surface area contributed by atoms with Crippen molar-refractivity contribution in [2.24, 2.45) is 0 Å². The van der Waals surface area contributed by atoms with Gasteiger partial charge in [0.2, 0.25) is 0 Å². The van der Waals surface area contributed by atoms with Crippen LogP contribution in [0.5, 0.6) is 0 Å². The first kappa shape index (κ1) is 30.2. The van der Waals surface area contributed by atoms with Gasteiger partial charge in [0.25, 0.3) is 16.7 Å². The predicted octanol–water partition coefficient (Wildman–Crippen LogP) is 2.34. The van der Waals surface area contributed by atoms with Gasteiger partial charge in [-0.1, -0.05) is 18.2 Å². The molecule has 1 aromatic carbocycles. The van der Waals surface area contributed by atoms with Gasteiger partial charge in [0.15, 0.2) is 0 Å². The average molecular weight is 570 g/mol. The average Bonchev–Trinajstić information content (AvgIpc) is 2.94. The third-order valence-corrected chi connectivity index (χ3v) is 5.85. The quantitative estimate of drug-likeness (QED) is 0.154. The van der Waals surface area contributed by atoms with Crippen LogP contribution in [-0.4, -0.2) is 59.2 Å². The first-order valence-corrected chi connectivity index (χ1v) is 12.3. The second-order valence-electron chi connectivity index (χ2n) is 8.64. The van der Waals surface area contributed by atoms with Crippen LogP contribution in [0, 0.1) is 20.2 Å². The number of nitro groups is 1. The summed E-state index contributed by atoms with van der Waals surface area (Å²) in [6.45, 7) is 2.41. The van der Waals surface area contributed by atoms with Crippen molar-refractivity contribution in [1.29, 1.82) is 0 Å². The van der Waals surface area contributed by atoms with Crippen LogP contribution in [0.2, 0.25) is 0 Å². The molecule has 41 heavy (non-hydrogen) atoms. The summed E-state index contributed by atoms with van der Waals surface area (Å²) in [7, 11) is 0. The molecular weight excluding hydrogens is 542 g/mol. The number of dihydropyridines is 1. The Kier molecular flexibility index (Phi) is 10.4. The number of pyridine rings is 1.